The summed E-state index contributed by atoms with van der Waals surface area (Å²) < 4.78 is 0. The number of rotatable bonds is 1. The summed E-state index contributed by atoms with van der Waals surface area (Å²) in [6.07, 6.45) is 5.24. The van der Waals surface area contributed by atoms with Crippen LogP contribution < -0.4 is 0 Å². The second-order valence-corrected chi connectivity index (χ2v) is 6.43. The van der Waals surface area contributed by atoms with E-state index < -0.39 is 0 Å². The SMILES string of the molecule is CC(C)(C)C(=O)N1CCC[C@@H](c2nccnc2Cl)C1. The van der Waals surface area contributed by atoms with Crippen molar-refractivity contribution in [3.63, 3.8) is 0 Å². The van der Waals surface area contributed by atoms with Crippen molar-refractivity contribution in [3.8, 4) is 0 Å². The predicted molar refractivity (Wildman–Crippen MR) is 75.1 cm³/mol. The fraction of sp³-hybridized carbons (Fsp3) is 0.643. The van der Waals surface area contributed by atoms with Gasteiger partial charge in [-0.25, -0.2) is 4.98 Å². The van der Waals surface area contributed by atoms with Crippen LogP contribution in [0, 0.1) is 5.41 Å². The molecule has 1 atom stereocenters. The lowest BCUT2D eigenvalue weighted by Crippen LogP contribution is -2.44. The van der Waals surface area contributed by atoms with Gasteiger partial charge in [-0.1, -0.05) is 32.4 Å². The van der Waals surface area contributed by atoms with Crippen LogP contribution in [-0.4, -0.2) is 33.9 Å². The summed E-state index contributed by atoms with van der Waals surface area (Å²) in [5, 5.41) is 0.456. The molecule has 0 unspecified atom stereocenters. The highest BCUT2D eigenvalue weighted by Crippen LogP contribution is 2.31. The van der Waals surface area contributed by atoms with Crippen LogP contribution in [0.2, 0.25) is 5.15 Å². The van der Waals surface area contributed by atoms with Gasteiger partial charge in [-0.05, 0) is 12.8 Å². The van der Waals surface area contributed by atoms with Crippen LogP contribution in [0.4, 0.5) is 0 Å². The summed E-state index contributed by atoms with van der Waals surface area (Å²) in [7, 11) is 0. The molecular weight excluding hydrogens is 262 g/mol. The monoisotopic (exact) mass is 281 g/mol. The second kappa shape index (κ2) is 5.45. The molecule has 2 rings (SSSR count). The number of piperidine rings is 1. The Bertz CT molecular complexity index is 470. The van der Waals surface area contributed by atoms with Crippen LogP contribution in [0.5, 0.6) is 0 Å². The summed E-state index contributed by atoms with van der Waals surface area (Å²) in [4.78, 5) is 22.7. The van der Waals surface area contributed by atoms with Gasteiger partial charge < -0.3 is 4.90 Å². The molecule has 1 aromatic rings. The molecule has 0 aromatic carbocycles. The lowest BCUT2D eigenvalue weighted by molar-refractivity contribution is -0.140. The quantitative estimate of drug-likeness (QED) is 0.795. The molecule has 1 aromatic heterocycles. The van der Waals surface area contributed by atoms with Gasteiger partial charge in [0.1, 0.15) is 0 Å². The molecule has 0 aliphatic carbocycles. The fourth-order valence-corrected chi connectivity index (χ4v) is 2.72. The summed E-state index contributed by atoms with van der Waals surface area (Å²) in [6, 6.07) is 0. The number of hydrogen-bond acceptors (Lipinski definition) is 3. The molecule has 1 amide bonds. The van der Waals surface area contributed by atoms with Gasteiger partial charge in [0.15, 0.2) is 5.15 Å². The van der Waals surface area contributed by atoms with Crippen molar-refractivity contribution in [2.45, 2.75) is 39.5 Å². The Balaban J connectivity index is 2.14. The van der Waals surface area contributed by atoms with E-state index in [1.807, 2.05) is 25.7 Å². The van der Waals surface area contributed by atoms with E-state index in [1.165, 1.54) is 0 Å². The lowest BCUT2D eigenvalue weighted by Gasteiger charge is -2.36. The molecule has 4 nitrogen and oxygen atoms in total. The normalized spacial score (nSPS) is 20.4. The first-order valence-electron chi connectivity index (χ1n) is 6.65. The van der Waals surface area contributed by atoms with Gasteiger partial charge in [0.25, 0.3) is 0 Å². The summed E-state index contributed by atoms with van der Waals surface area (Å²) in [5.74, 6) is 0.387. The zero-order valence-electron chi connectivity index (χ0n) is 11.7. The van der Waals surface area contributed by atoms with Gasteiger partial charge in [0, 0.05) is 36.8 Å². The lowest BCUT2D eigenvalue weighted by atomic mass is 9.90. The number of aromatic nitrogens is 2. The molecule has 0 N–H and O–H groups in total. The Hall–Kier alpha value is -1.16. The van der Waals surface area contributed by atoms with Gasteiger partial charge in [0.2, 0.25) is 5.91 Å². The molecule has 0 bridgehead atoms. The minimum atomic E-state index is -0.339. The minimum Gasteiger partial charge on any atom is -0.342 e. The molecule has 1 aliphatic heterocycles. The molecule has 1 fully saturated rings. The summed E-state index contributed by atoms with van der Waals surface area (Å²) in [6.45, 7) is 7.37. The van der Waals surface area contributed by atoms with Crippen molar-refractivity contribution in [1.82, 2.24) is 14.9 Å². The van der Waals surface area contributed by atoms with E-state index in [0.717, 1.165) is 25.1 Å². The Morgan fingerprint density at radius 1 is 1.37 bits per heavy atom. The average Bonchev–Trinajstić information content (AvgIpc) is 2.37. The van der Waals surface area contributed by atoms with E-state index >= 15 is 0 Å². The smallest absolute Gasteiger partial charge is 0.227 e. The minimum absolute atomic E-state index is 0.192. The zero-order chi connectivity index (χ0) is 14.0. The molecule has 0 spiro atoms. The van der Waals surface area contributed by atoms with Crippen LogP contribution in [0.1, 0.15) is 45.2 Å². The third-order valence-corrected chi connectivity index (χ3v) is 3.71. The van der Waals surface area contributed by atoms with Crippen molar-refractivity contribution in [2.75, 3.05) is 13.1 Å². The Morgan fingerprint density at radius 2 is 2.05 bits per heavy atom. The first-order chi connectivity index (χ1) is 8.89. The molecule has 5 heteroatoms. The van der Waals surface area contributed by atoms with Gasteiger partial charge in [0.05, 0.1) is 5.69 Å². The maximum Gasteiger partial charge on any atom is 0.227 e. The standard InChI is InChI=1S/C14H20ClN3O/c1-14(2,3)13(19)18-8-4-5-10(9-18)11-12(15)17-7-6-16-11/h6-7,10H,4-5,8-9H2,1-3H3/t10-/m1/s1. The number of nitrogens with zero attached hydrogens (tertiary/aromatic N) is 3. The van der Waals surface area contributed by atoms with Crippen LogP contribution in [-0.2, 0) is 4.79 Å². The fourth-order valence-electron chi connectivity index (χ4n) is 2.46. The van der Waals surface area contributed by atoms with E-state index in [1.54, 1.807) is 12.4 Å². The van der Waals surface area contributed by atoms with Crippen molar-refractivity contribution < 1.29 is 4.79 Å². The van der Waals surface area contributed by atoms with E-state index in [9.17, 15) is 4.79 Å². The molecule has 19 heavy (non-hydrogen) atoms. The van der Waals surface area contributed by atoms with Gasteiger partial charge in [-0.15, -0.1) is 0 Å². The van der Waals surface area contributed by atoms with Crippen LogP contribution in [0.3, 0.4) is 0 Å². The molecular formula is C14H20ClN3O. The highest BCUT2D eigenvalue weighted by Gasteiger charge is 2.32. The first kappa shape index (κ1) is 14.3. The molecule has 1 aliphatic rings. The number of carbonyl (C=O) groups is 1. The van der Waals surface area contributed by atoms with Crippen molar-refractivity contribution in [2.24, 2.45) is 5.41 Å². The highest BCUT2D eigenvalue weighted by molar-refractivity contribution is 6.30. The maximum absolute atomic E-state index is 12.3. The molecule has 1 saturated heterocycles. The predicted octanol–water partition coefficient (Wildman–Crippen LogP) is 2.88. The van der Waals surface area contributed by atoms with Crippen LogP contribution in [0.25, 0.3) is 0 Å². The van der Waals surface area contributed by atoms with Gasteiger partial charge in [-0.3, -0.25) is 9.78 Å². The highest BCUT2D eigenvalue weighted by atomic mass is 35.5. The number of hydrogen-bond donors (Lipinski definition) is 0. The first-order valence-corrected chi connectivity index (χ1v) is 7.03. The third-order valence-electron chi connectivity index (χ3n) is 3.42. The number of likely N-dealkylation sites (tertiary alicyclic amines) is 1. The number of halogens is 1. The summed E-state index contributed by atoms with van der Waals surface area (Å²) in [5.41, 5.74) is 0.476. The third kappa shape index (κ3) is 3.24. The number of amides is 1. The van der Waals surface area contributed by atoms with E-state index in [4.69, 9.17) is 11.6 Å². The Labute approximate surface area is 119 Å². The molecule has 104 valence electrons. The molecule has 0 radical (unpaired) electrons. The average molecular weight is 282 g/mol. The second-order valence-electron chi connectivity index (χ2n) is 6.07. The van der Waals surface area contributed by atoms with Crippen molar-refractivity contribution in [1.29, 1.82) is 0 Å². The number of carbonyl (C=O) groups excluding carboxylic acids is 1. The largest absolute Gasteiger partial charge is 0.342 e. The van der Waals surface area contributed by atoms with E-state index in [-0.39, 0.29) is 17.2 Å². The molecule has 2 heterocycles. The van der Waals surface area contributed by atoms with Crippen molar-refractivity contribution >= 4 is 17.5 Å². The van der Waals surface area contributed by atoms with Gasteiger partial charge >= 0.3 is 0 Å². The zero-order valence-corrected chi connectivity index (χ0v) is 12.4. The van der Waals surface area contributed by atoms with Crippen LogP contribution >= 0.6 is 11.6 Å². The Morgan fingerprint density at radius 3 is 2.68 bits per heavy atom. The van der Waals surface area contributed by atoms with Crippen LogP contribution in [0.15, 0.2) is 12.4 Å². The summed E-state index contributed by atoms with van der Waals surface area (Å²) >= 11 is 6.10. The maximum atomic E-state index is 12.3. The van der Waals surface area contributed by atoms with Gasteiger partial charge in [-0.2, -0.15) is 0 Å². The van der Waals surface area contributed by atoms with E-state index in [2.05, 4.69) is 9.97 Å². The topological polar surface area (TPSA) is 46.1 Å². The van der Waals surface area contributed by atoms with E-state index in [0.29, 0.717) is 11.7 Å². The Kier molecular flexibility index (Phi) is 4.09. The van der Waals surface area contributed by atoms with Crippen molar-refractivity contribution in [3.05, 3.63) is 23.2 Å². The molecule has 0 saturated carbocycles.